The van der Waals surface area contributed by atoms with Crippen molar-refractivity contribution in [3.63, 3.8) is 0 Å². The van der Waals surface area contributed by atoms with Crippen molar-refractivity contribution in [3.8, 4) is 0 Å². The largest absolute Gasteiger partial charge is 0.384 e. The van der Waals surface area contributed by atoms with Gasteiger partial charge in [0.1, 0.15) is 0 Å². The fraction of sp³-hybridized carbons (Fsp3) is 1.00. The van der Waals surface area contributed by atoms with Crippen molar-refractivity contribution in [2.45, 2.75) is 54.0 Å². The summed E-state index contributed by atoms with van der Waals surface area (Å²) in [7, 11) is -8.93. The Hall–Kier alpha value is -0.250. The summed E-state index contributed by atoms with van der Waals surface area (Å²) in [5.74, 6) is 0.636. The molecular formula is C14H23FO6S2. The third-order valence-corrected chi connectivity index (χ3v) is 10.9. The van der Waals surface area contributed by atoms with Crippen LogP contribution in [0.2, 0.25) is 0 Å². The molecule has 23 heavy (non-hydrogen) atoms. The van der Waals surface area contributed by atoms with E-state index in [1.807, 2.05) is 0 Å². The third-order valence-electron chi connectivity index (χ3n) is 5.94. The predicted octanol–water partition coefficient (Wildman–Crippen LogP) is 1.92. The minimum atomic E-state index is -5.42. The van der Waals surface area contributed by atoms with Crippen molar-refractivity contribution in [2.75, 3.05) is 13.7 Å². The van der Waals surface area contributed by atoms with Gasteiger partial charge in [0.2, 0.25) is 9.84 Å². The molecule has 4 bridgehead atoms. The van der Waals surface area contributed by atoms with Crippen LogP contribution in [0.15, 0.2) is 0 Å². The topological polar surface area (TPSA) is 97.7 Å². The van der Waals surface area contributed by atoms with E-state index in [2.05, 4.69) is 4.74 Å². The molecule has 1 atom stereocenters. The number of sulfone groups is 1. The highest BCUT2D eigenvalue weighted by atomic mass is 32.3. The zero-order valence-corrected chi connectivity index (χ0v) is 14.7. The lowest BCUT2D eigenvalue weighted by atomic mass is 9.56. The molecule has 4 fully saturated rings. The van der Waals surface area contributed by atoms with E-state index >= 15 is 4.39 Å². The van der Waals surface area contributed by atoms with Crippen LogP contribution in [0.25, 0.3) is 0 Å². The van der Waals surface area contributed by atoms with E-state index in [0.29, 0.717) is 19.3 Å². The van der Waals surface area contributed by atoms with Gasteiger partial charge in [-0.1, -0.05) is 0 Å². The Bertz CT molecular complexity index is 651. The predicted molar refractivity (Wildman–Crippen MR) is 81.7 cm³/mol. The van der Waals surface area contributed by atoms with Crippen LogP contribution in [0.4, 0.5) is 4.39 Å². The van der Waals surface area contributed by atoms with Crippen LogP contribution in [0, 0.1) is 17.8 Å². The number of methoxy groups -OCH3 is 1. The Morgan fingerprint density at radius 3 is 1.87 bits per heavy atom. The highest BCUT2D eigenvalue weighted by Crippen LogP contribution is 2.61. The van der Waals surface area contributed by atoms with Gasteiger partial charge in [-0.3, -0.25) is 4.55 Å². The number of alkyl halides is 1. The van der Waals surface area contributed by atoms with Crippen molar-refractivity contribution in [1.82, 2.24) is 0 Å². The van der Waals surface area contributed by atoms with Crippen LogP contribution in [-0.4, -0.2) is 44.2 Å². The van der Waals surface area contributed by atoms with Gasteiger partial charge < -0.3 is 4.74 Å². The van der Waals surface area contributed by atoms with E-state index in [0.717, 1.165) is 19.3 Å². The summed E-state index contributed by atoms with van der Waals surface area (Å²) in [4.78, 5) is 0. The smallest absolute Gasteiger partial charge is 0.336 e. The molecule has 9 heteroatoms. The van der Waals surface area contributed by atoms with Crippen molar-refractivity contribution in [2.24, 2.45) is 17.8 Å². The Morgan fingerprint density at radius 2 is 1.52 bits per heavy atom. The molecule has 6 nitrogen and oxygen atoms in total. The Balaban J connectivity index is 2.05. The zero-order chi connectivity index (χ0) is 17.1. The molecule has 0 aromatic carbocycles. The van der Waals surface area contributed by atoms with Crippen LogP contribution < -0.4 is 0 Å². The average molecular weight is 370 g/mol. The lowest BCUT2D eigenvalue weighted by Crippen LogP contribution is -2.61. The summed E-state index contributed by atoms with van der Waals surface area (Å²) in [5, 5.41) is 0. The second kappa shape index (κ2) is 5.37. The Kier molecular flexibility index (Phi) is 4.10. The monoisotopic (exact) mass is 370 g/mol. The molecule has 0 aliphatic heterocycles. The van der Waals surface area contributed by atoms with Crippen LogP contribution >= 0.6 is 0 Å². The molecular weight excluding hydrogens is 347 g/mol. The summed E-state index contributed by atoms with van der Waals surface area (Å²) < 4.78 is 73.7. The quantitative estimate of drug-likeness (QED) is 0.717. The zero-order valence-electron chi connectivity index (χ0n) is 13.1. The summed E-state index contributed by atoms with van der Waals surface area (Å²) >= 11 is 0. The molecule has 0 amide bonds. The molecule has 0 aromatic rings. The van der Waals surface area contributed by atoms with E-state index in [-0.39, 0.29) is 17.8 Å². The highest BCUT2D eigenvalue weighted by molar-refractivity contribution is 8.08. The van der Waals surface area contributed by atoms with Gasteiger partial charge in [-0.05, 0) is 56.3 Å². The average Bonchev–Trinajstić information content (AvgIpc) is 2.41. The second-order valence-electron chi connectivity index (χ2n) is 7.48. The number of rotatable bonds is 6. The maximum Gasteiger partial charge on any atom is 0.336 e. The minimum absolute atomic E-state index is 0.212. The number of ether oxygens (including phenoxy) is 1. The number of hydrogen-bond acceptors (Lipinski definition) is 5. The summed E-state index contributed by atoms with van der Waals surface area (Å²) in [5.41, 5.74) is 0. The second-order valence-corrected chi connectivity index (χ2v) is 11.9. The van der Waals surface area contributed by atoms with E-state index in [1.165, 1.54) is 7.11 Å². The van der Waals surface area contributed by atoms with E-state index < -0.39 is 42.1 Å². The summed E-state index contributed by atoms with van der Waals surface area (Å²) in [6, 6.07) is 0. The summed E-state index contributed by atoms with van der Waals surface area (Å²) in [6.07, 6.45) is 2.82. The normalized spacial score (nSPS) is 39.3. The molecule has 0 aromatic heterocycles. The van der Waals surface area contributed by atoms with Crippen LogP contribution in [0.1, 0.15) is 44.9 Å². The van der Waals surface area contributed by atoms with Crippen molar-refractivity contribution < 1.29 is 30.5 Å². The molecule has 1 unspecified atom stereocenters. The molecule has 0 saturated heterocycles. The van der Waals surface area contributed by atoms with Crippen molar-refractivity contribution >= 4 is 20.0 Å². The van der Waals surface area contributed by atoms with Crippen LogP contribution in [0.3, 0.4) is 0 Å². The van der Waals surface area contributed by atoms with Gasteiger partial charge in [-0.15, -0.1) is 0 Å². The van der Waals surface area contributed by atoms with Gasteiger partial charge in [0, 0.05) is 13.5 Å². The van der Waals surface area contributed by atoms with Gasteiger partial charge in [0.25, 0.3) is 0 Å². The van der Waals surface area contributed by atoms with Crippen LogP contribution in [0.5, 0.6) is 0 Å². The fourth-order valence-electron chi connectivity index (χ4n) is 5.31. The summed E-state index contributed by atoms with van der Waals surface area (Å²) in [6.45, 7) is -0.401. The minimum Gasteiger partial charge on any atom is -0.384 e. The first-order valence-corrected chi connectivity index (χ1v) is 10.9. The van der Waals surface area contributed by atoms with Crippen LogP contribution in [-0.2, 0) is 24.7 Å². The standard InChI is InChI=1S/C14H23FO6S2/c1-21-3-2-14(15,23(18,19)20)22(16,17)13-7-10-4-11(8-13)6-12(5-10)9-13/h10-12H,2-9H2,1H3,(H,18,19,20). The molecule has 4 aliphatic carbocycles. The SMILES string of the molecule is COCCC(F)(S(=O)(=O)O)S(=O)(=O)C12CC3CC(CC(C3)C1)C2. The molecule has 4 saturated carbocycles. The molecule has 1 N–H and O–H groups in total. The maximum atomic E-state index is 15.3. The van der Waals surface area contributed by atoms with Crippen molar-refractivity contribution in [1.29, 1.82) is 0 Å². The number of halogens is 1. The van der Waals surface area contributed by atoms with Gasteiger partial charge in [0.15, 0.2) is 0 Å². The molecule has 0 spiro atoms. The molecule has 4 rings (SSSR count). The van der Waals surface area contributed by atoms with E-state index in [4.69, 9.17) is 0 Å². The fourth-order valence-corrected chi connectivity index (χ4v) is 9.65. The Labute approximate surface area is 136 Å². The maximum absolute atomic E-state index is 15.3. The molecule has 4 aliphatic rings. The third kappa shape index (κ3) is 2.46. The van der Waals surface area contributed by atoms with Crippen molar-refractivity contribution in [3.05, 3.63) is 0 Å². The van der Waals surface area contributed by atoms with Gasteiger partial charge >= 0.3 is 14.5 Å². The molecule has 0 radical (unpaired) electrons. The van der Waals surface area contributed by atoms with Gasteiger partial charge in [0.05, 0.1) is 11.4 Å². The van der Waals surface area contributed by atoms with E-state index in [9.17, 15) is 21.4 Å². The van der Waals surface area contributed by atoms with Gasteiger partial charge in [-0.2, -0.15) is 8.42 Å². The first kappa shape index (κ1) is 17.6. The first-order valence-electron chi connectivity index (χ1n) is 7.94. The number of hydrogen-bond donors (Lipinski definition) is 1. The van der Waals surface area contributed by atoms with E-state index in [1.54, 1.807) is 0 Å². The molecule has 134 valence electrons. The molecule has 0 heterocycles. The van der Waals surface area contributed by atoms with Gasteiger partial charge in [-0.25, -0.2) is 12.8 Å². The lowest BCUT2D eigenvalue weighted by molar-refractivity contribution is 0.0315. The Morgan fingerprint density at radius 1 is 1.09 bits per heavy atom. The highest BCUT2D eigenvalue weighted by Gasteiger charge is 2.67. The lowest BCUT2D eigenvalue weighted by Gasteiger charge is -2.56. The first-order chi connectivity index (χ1) is 10.5.